The van der Waals surface area contributed by atoms with Crippen LogP contribution in [0.1, 0.15) is 0 Å². The summed E-state index contributed by atoms with van der Waals surface area (Å²) in [7, 11) is 5.17. The number of hydrogen-bond acceptors (Lipinski definition) is 6. The van der Waals surface area contributed by atoms with Crippen molar-refractivity contribution in [2.45, 2.75) is 6.54 Å². The maximum Gasteiger partial charge on any atom is 0.160 e. The number of nitrogens with zero attached hydrogens (tertiary/aromatic N) is 6. The fourth-order valence-electron chi connectivity index (χ4n) is 3.19. The first-order valence-electron chi connectivity index (χ1n) is 9.58. The molecule has 1 aromatic carbocycles. The van der Waals surface area contributed by atoms with Gasteiger partial charge in [0.2, 0.25) is 0 Å². The van der Waals surface area contributed by atoms with E-state index in [9.17, 15) is 4.39 Å². The number of hydrogen-bond donors (Lipinski definition) is 1. The van der Waals surface area contributed by atoms with Crippen LogP contribution in [0.3, 0.4) is 0 Å². The van der Waals surface area contributed by atoms with Crippen molar-refractivity contribution in [2.75, 3.05) is 20.7 Å². The average Bonchev–Trinajstić information content (AvgIpc) is 3.21. The zero-order valence-corrected chi connectivity index (χ0v) is 18.1. The molecule has 0 bridgehead atoms. The SMILES string of the molecule is CNCCn1c(=Nc2c(F)ccc(OC)c2Cl)ccc2ncc(-c3cnn(C)c3)nc21. The summed E-state index contributed by atoms with van der Waals surface area (Å²) in [5, 5.41) is 7.43. The molecule has 4 rings (SSSR count). The van der Waals surface area contributed by atoms with E-state index >= 15 is 0 Å². The van der Waals surface area contributed by atoms with Crippen molar-refractivity contribution < 1.29 is 9.13 Å². The predicted molar refractivity (Wildman–Crippen MR) is 117 cm³/mol. The Morgan fingerprint density at radius 2 is 2.06 bits per heavy atom. The molecule has 160 valence electrons. The molecule has 0 atom stereocenters. The number of ether oxygens (including phenoxy) is 1. The lowest BCUT2D eigenvalue weighted by Crippen LogP contribution is -2.27. The number of aryl methyl sites for hydroxylation is 1. The van der Waals surface area contributed by atoms with Gasteiger partial charge in [-0.3, -0.25) is 9.67 Å². The second-order valence-electron chi connectivity index (χ2n) is 6.84. The quantitative estimate of drug-likeness (QED) is 0.497. The highest BCUT2D eigenvalue weighted by molar-refractivity contribution is 6.34. The largest absolute Gasteiger partial charge is 0.495 e. The maximum absolute atomic E-state index is 14.5. The van der Waals surface area contributed by atoms with Crippen LogP contribution in [0.25, 0.3) is 22.4 Å². The second kappa shape index (κ2) is 8.83. The highest BCUT2D eigenvalue weighted by atomic mass is 35.5. The van der Waals surface area contributed by atoms with Gasteiger partial charge in [0.1, 0.15) is 27.5 Å². The molecule has 31 heavy (non-hydrogen) atoms. The minimum Gasteiger partial charge on any atom is -0.495 e. The maximum atomic E-state index is 14.5. The third-order valence-corrected chi connectivity index (χ3v) is 5.13. The summed E-state index contributed by atoms with van der Waals surface area (Å²) >= 11 is 6.33. The number of likely N-dealkylation sites (N-methyl/N-ethyl adjacent to an activating group) is 1. The Labute approximate surface area is 183 Å². The van der Waals surface area contributed by atoms with Gasteiger partial charge in [-0.15, -0.1) is 0 Å². The number of benzene rings is 1. The van der Waals surface area contributed by atoms with Gasteiger partial charge in [-0.25, -0.2) is 14.4 Å². The van der Waals surface area contributed by atoms with Crippen molar-refractivity contribution in [3.05, 3.63) is 59.2 Å². The van der Waals surface area contributed by atoms with Gasteiger partial charge in [0, 0.05) is 31.9 Å². The van der Waals surface area contributed by atoms with Gasteiger partial charge in [-0.1, -0.05) is 11.6 Å². The standard InChI is InChI=1S/C21H21ClFN7O/c1-24-8-9-30-18(28-20-14(23)4-6-17(31-3)19(20)22)7-5-15-21(30)27-16(11-25-15)13-10-26-29(2)12-13/h4-7,10-12,24H,8-9H2,1-3H3. The molecule has 0 spiro atoms. The average molecular weight is 442 g/mol. The van der Waals surface area contributed by atoms with Crippen molar-refractivity contribution in [2.24, 2.45) is 12.0 Å². The summed E-state index contributed by atoms with van der Waals surface area (Å²) in [6, 6.07) is 6.32. The van der Waals surface area contributed by atoms with Crippen LogP contribution in [0, 0.1) is 5.82 Å². The molecule has 3 heterocycles. The molecule has 4 aromatic rings. The highest BCUT2D eigenvalue weighted by Gasteiger charge is 2.14. The Morgan fingerprint density at radius 1 is 1.23 bits per heavy atom. The third-order valence-electron chi connectivity index (χ3n) is 4.77. The molecule has 0 aliphatic heterocycles. The summed E-state index contributed by atoms with van der Waals surface area (Å²) in [5.74, 6) is -0.190. The Hall–Kier alpha value is -3.30. The summed E-state index contributed by atoms with van der Waals surface area (Å²) in [6.07, 6.45) is 5.30. The van der Waals surface area contributed by atoms with Gasteiger partial charge < -0.3 is 14.6 Å². The van der Waals surface area contributed by atoms with Crippen molar-refractivity contribution in [1.82, 2.24) is 29.6 Å². The number of nitrogens with one attached hydrogen (secondary N) is 1. The van der Waals surface area contributed by atoms with Gasteiger partial charge >= 0.3 is 0 Å². The van der Waals surface area contributed by atoms with Crippen molar-refractivity contribution in [1.29, 1.82) is 0 Å². The second-order valence-corrected chi connectivity index (χ2v) is 7.22. The zero-order valence-electron chi connectivity index (χ0n) is 17.3. The van der Waals surface area contributed by atoms with E-state index in [0.29, 0.717) is 41.2 Å². The van der Waals surface area contributed by atoms with Crippen LogP contribution >= 0.6 is 11.6 Å². The number of pyridine rings is 1. The number of methoxy groups -OCH3 is 1. The molecule has 10 heteroatoms. The van der Waals surface area contributed by atoms with Crippen molar-refractivity contribution in [3.63, 3.8) is 0 Å². The normalized spacial score (nSPS) is 12.0. The minimum absolute atomic E-state index is 0.00921. The van der Waals surface area contributed by atoms with Crippen LogP contribution in [-0.4, -0.2) is 45.0 Å². The monoisotopic (exact) mass is 441 g/mol. The van der Waals surface area contributed by atoms with Gasteiger partial charge in [-0.2, -0.15) is 5.10 Å². The van der Waals surface area contributed by atoms with E-state index in [2.05, 4.69) is 20.4 Å². The molecule has 0 radical (unpaired) electrons. The van der Waals surface area contributed by atoms with Gasteiger partial charge in [0.15, 0.2) is 11.5 Å². The predicted octanol–water partition coefficient (Wildman–Crippen LogP) is 3.08. The lowest BCUT2D eigenvalue weighted by molar-refractivity contribution is 0.414. The molecule has 0 amide bonds. The van der Waals surface area contributed by atoms with Crippen molar-refractivity contribution >= 4 is 28.5 Å². The molecule has 0 saturated heterocycles. The number of aromatic nitrogens is 5. The molecule has 0 aliphatic carbocycles. The van der Waals surface area contributed by atoms with E-state index in [1.807, 2.05) is 24.9 Å². The lowest BCUT2D eigenvalue weighted by Gasteiger charge is -2.12. The zero-order chi connectivity index (χ0) is 22.0. The van der Waals surface area contributed by atoms with Crippen LogP contribution in [0.5, 0.6) is 5.75 Å². The first-order valence-corrected chi connectivity index (χ1v) is 9.96. The minimum atomic E-state index is -0.541. The molecule has 0 saturated carbocycles. The van der Waals surface area contributed by atoms with Gasteiger partial charge in [0.25, 0.3) is 0 Å². The number of rotatable bonds is 6. The number of fused-ring (bicyclic) bond motifs is 1. The van der Waals surface area contributed by atoms with E-state index in [4.69, 9.17) is 21.3 Å². The summed E-state index contributed by atoms with van der Waals surface area (Å²) < 4.78 is 23.3. The molecular weight excluding hydrogens is 421 g/mol. The number of halogens is 2. The van der Waals surface area contributed by atoms with E-state index < -0.39 is 5.82 Å². The van der Waals surface area contributed by atoms with E-state index in [0.717, 1.165) is 5.56 Å². The van der Waals surface area contributed by atoms with Crippen LogP contribution in [0.2, 0.25) is 5.02 Å². The Morgan fingerprint density at radius 3 is 2.77 bits per heavy atom. The fourth-order valence-corrected chi connectivity index (χ4v) is 3.46. The third kappa shape index (κ3) is 4.14. The Balaban J connectivity index is 1.96. The van der Waals surface area contributed by atoms with E-state index in [1.54, 1.807) is 29.2 Å². The highest BCUT2D eigenvalue weighted by Crippen LogP contribution is 2.35. The van der Waals surface area contributed by atoms with Crippen LogP contribution in [0.15, 0.2) is 47.8 Å². The first kappa shape index (κ1) is 21.0. The topological polar surface area (TPSA) is 82.1 Å². The molecule has 8 nitrogen and oxygen atoms in total. The van der Waals surface area contributed by atoms with E-state index in [1.165, 1.54) is 19.2 Å². The summed E-state index contributed by atoms with van der Waals surface area (Å²) in [6.45, 7) is 1.19. The van der Waals surface area contributed by atoms with Crippen molar-refractivity contribution in [3.8, 4) is 17.0 Å². The van der Waals surface area contributed by atoms with Crippen LogP contribution < -0.4 is 15.5 Å². The van der Waals surface area contributed by atoms with Crippen LogP contribution in [0.4, 0.5) is 10.1 Å². The molecule has 3 aromatic heterocycles. The summed E-state index contributed by atoms with van der Waals surface area (Å²) in [5.41, 5.74) is 3.35. The Kier molecular flexibility index (Phi) is 5.97. The van der Waals surface area contributed by atoms with Gasteiger partial charge in [0.05, 0.1) is 25.2 Å². The van der Waals surface area contributed by atoms with Gasteiger partial charge in [-0.05, 0) is 31.3 Å². The molecule has 0 fully saturated rings. The molecule has 0 aliphatic rings. The lowest BCUT2D eigenvalue weighted by atomic mass is 10.2. The van der Waals surface area contributed by atoms with Crippen LogP contribution in [-0.2, 0) is 13.6 Å². The fraction of sp³-hybridized carbons (Fsp3) is 0.238. The Bertz CT molecular complexity index is 1320. The summed E-state index contributed by atoms with van der Waals surface area (Å²) in [4.78, 5) is 13.9. The van der Waals surface area contributed by atoms with E-state index in [-0.39, 0.29) is 10.7 Å². The molecular formula is C21H21ClFN7O. The molecule has 1 N–H and O–H groups in total. The molecule has 0 unspecified atom stereocenters. The first-order chi connectivity index (χ1) is 15.0. The smallest absolute Gasteiger partial charge is 0.160 e.